The smallest absolute Gasteiger partial charge is 0.203 e. The molecule has 0 atom stereocenters. The third-order valence-corrected chi connectivity index (χ3v) is 4.33. The lowest BCUT2D eigenvalue weighted by Crippen LogP contribution is -1.90. The van der Waals surface area contributed by atoms with E-state index in [1.54, 1.807) is 28.9 Å². The number of nitrogens with one attached hydrogen (secondary N) is 1. The summed E-state index contributed by atoms with van der Waals surface area (Å²) in [5, 5.41) is 9.12. The number of anilines is 1. The van der Waals surface area contributed by atoms with Crippen LogP contribution in [0.4, 0.5) is 5.13 Å². The van der Waals surface area contributed by atoms with E-state index in [1.807, 2.05) is 23.6 Å². The molecule has 0 aliphatic rings. The van der Waals surface area contributed by atoms with Gasteiger partial charge in [-0.1, -0.05) is 35.9 Å². The Morgan fingerprint density at radius 1 is 1.20 bits per heavy atom. The maximum absolute atomic E-state index is 4.51. The number of hydrogen-bond acceptors (Lipinski definition) is 5. The van der Waals surface area contributed by atoms with Crippen molar-refractivity contribution in [2.45, 2.75) is 6.92 Å². The molecule has 1 aromatic carbocycles. The maximum Gasteiger partial charge on any atom is 0.203 e. The van der Waals surface area contributed by atoms with Gasteiger partial charge < -0.3 is 0 Å². The lowest BCUT2D eigenvalue weighted by atomic mass is 10.2. The number of aromatic nitrogens is 1. The lowest BCUT2D eigenvalue weighted by Gasteiger charge is -1.96. The van der Waals surface area contributed by atoms with Crippen molar-refractivity contribution < 1.29 is 0 Å². The van der Waals surface area contributed by atoms with Gasteiger partial charge >= 0.3 is 0 Å². The van der Waals surface area contributed by atoms with E-state index in [9.17, 15) is 0 Å². The average molecular weight is 299 g/mol. The standard InChI is InChI=1S/C15H13N3S2/c1-11-4-2-5-12(8-11)9-16-18-15-17-13(10-20-15)14-6-3-7-19-14/h2-10H,1H3,(H,17,18)/b16-9-. The zero-order valence-electron chi connectivity index (χ0n) is 10.9. The van der Waals surface area contributed by atoms with Gasteiger partial charge in [-0.05, 0) is 23.9 Å². The summed E-state index contributed by atoms with van der Waals surface area (Å²) in [7, 11) is 0. The summed E-state index contributed by atoms with van der Waals surface area (Å²) in [4.78, 5) is 5.68. The highest BCUT2D eigenvalue weighted by atomic mass is 32.1. The molecule has 0 unspecified atom stereocenters. The molecule has 20 heavy (non-hydrogen) atoms. The van der Waals surface area contributed by atoms with E-state index in [4.69, 9.17) is 0 Å². The number of hydrazone groups is 1. The van der Waals surface area contributed by atoms with Gasteiger partial charge in [0.1, 0.15) is 0 Å². The van der Waals surface area contributed by atoms with E-state index in [2.05, 4.69) is 46.0 Å². The molecule has 100 valence electrons. The van der Waals surface area contributed by atoms with Gasteiger partial charge in [-0.3, -0.25) is 5.43 Å². The first-order chi connectivity index (χ1) is 9.81. The fourth-order valence-corrected chi connectivity index (χ4v) is 3.20. The Balaban J connectivity index is 1.67. The molecule has 0 spiro atoms. The molecule has 0 radical (unpaired) electrons. The molecule has 0 fully saturated rings. The highest BCUT2D eigenvalue weighted by Crippen LogP contribution is 2.28. The third kappa shape index (κ3) is 3.12. The van der Waals surface area contributed by atoms with E-state index in [0.29, 0.717) is 0 Å². The minimum absolute atomic E-state index is 0.803. The Labute approximate surface area is 125 Å². The van der Waals surface area contributed by atoms with E-state index in [-0.39, 0.29) is 0 Å². The van der Waals surface area contributed by atoms with Crippen molar-refractivity contribution in [2.75, 3.05) is 5.43 Å². The van der Waals surface area contributed by atoms with Gasteiger partial charge in [-0.15, -0.1) is 22.7 Å². The molecule has 0 bridgehead atoms. The lowest BCUT2D eigenvalue weighted by molar-refractivity contribution is 1.29. The summed E-state index contributed by atoms with van der Waals surface area (Å²) in [5.41, 5.74) is 6.28. The summed E-state index contributed by atoms with van der Waals surface area (Å²) < 4.78 is 0. The van der Waals surface area contributed by atoms with Crippen LogP contribution in [0.2, 0.25) is 0 Å². The van der Waals surface area contributed by atoms with Gasteiger partial charge in [0.05, 0.1) is 16.8 Å². The van der Waals surface area contributed by atoms with Crippen molar-refractivity contribution in [3.05, 3.63) is 58.3 Å². The number of thiophene rings is 1. The normalized spacial score (nSPS) is 11.1. The molecular formula is C15H13N3S2. The Kier molecular flexibility index (Phi) is 3.90. The van der Waals surface area contributed by atoms with E-state index in [0.717, 1.165) is 16.4 Å². The second-order valence-corrected chi connectivity index (χ2v) is 6.11. The van der Waals surface area contributed by atoms with Gasteiger partial charge in [0, 0.05) is 5.38 Å². The molecule has 3 aromatic rings. The summed E-state index contributed by atoms with van der Waals surface area (Å²) in [6, 6.07) is 12.3. The number of rotatable bonds is 4. The molecule has 5 heteroatoms. The summed E-state index contributed by atoms with van der Waals surface area (Å²) in [6.45, 7) is 2.07. The molecule has 0 saturated heterocycles. The molecule has 1 N–H and O–H groups in total. The van der Waals surface area contributed by atoms with Gasteiger partial charge in [0.25, 0.3) is 0 Å². The van der Waals surface area contributed by atoms with Crippen LogP contribution in [0.15, 0.2) is 52.3 Å². The van der Waals surface area contributed by atoms with Crippen molar-refractivity contribution in [1.29, 1.82) is 0 Å². The second kappa shape index (κ2) is 5.98. The SMILES string of the molecule is Cc1cccc(/C=N\Nc2nc(-c3cccs3)cs2)c1. The van der Waals surface area contributed by atoms with Gasteiger partial charge in [0.2, 0.25) is 5.13 Å². The number of aryl methyl sites for hydroxylation is 1. The minimum Gasteiger partial charge on any atom is -0.253 e. The van der Waals surface area contributed by atoms with Gasteiger partial charge in [-0.25, -0.2) is 4.98 Å². The van der Waals surface area contributed by atoms with Crippen molar-refractivity contribution in [3.63, 3.8) is 0 Å². The zero-order valence-corrected chi connectivity index (χ0v) is 12.5. The van der Waals surface area contributed by atoms with Crippen LogP contribution in [-0.2, 0) is 0 Å². The van der Waals surface area contributed by atoms with Crippen molar-refractivity contribution in [3.8, 4) is 10.6 Å². The van der Waals surface area contributed by atoms with Crippen molar-refractivity contribution >= 4 is 34.0 Å². The zero-order chi connectivity index (χ0) is 13.8. The average Bonchev–Trinajstić information content (AvgIpc) is 3.09. The number of hydrogen-bond donors (Lipinski definition) is 1. The van der Waals surface area contributed by atoms with E-state index in [1.165, 1.54) is 10.4 Å². The molecule has 3 nitrogen and oxygen atoms in total. The topological polar surface area (TPSA) is 37.3 Å². The first-order valence-corrected chi connectivity index (χ1v) is 7.92. The first-order valence-electron chi connectivity index (χ1n) is 6.16. The van der Waals surface area contributed by atoms with Crippen LogP contribution in [0.5, 0.6) is 0 Å². The molecule has 3 rings (SSSR count). The number of nitrogens with zero attached hydrogens (tertiary/aromatic N) is 2. The van der Waals surface area contributed by atoms with Crippen LogP contribution < -0.4 is 5.43 Å². The second-order valence-electron chi connectivity index (χ2n) is 4.30. The fraction of sp³-hybridized carbons (Fsp3) is 0.0667. The Morgan fingerprint density at radius 3 is 2.95 bits per heavy atom. The van der Waals surface area contributed by atoms with Crippen molar-refractivity contribution in [1.82, 2.24) is 4.98 Å². The summed E-state index contributed by atoms with van der Waals surface area (Å²) in [6.07, 6.45) is 1.80. The predicted molar refractivity (Wildman–Crippen MR) is 87.8 cm³/mol. The summed E-state index contributed by atoms with van der Waals surface area (Å²) >= 11 is 3.25. The first kappa shape index (κ1) is 13.0. The molecule has 0 aliphatic heterocycles. The molecule has 2 aromatic heterocycles. The van der Waals surface area contributed by atoms with Crippen LogP contribution in [0.3, 0.4) is 0 Å². The van der Waals surface area contributed by atoms with E-state index < -0.39 is 0 Å². The Morgan fingerprint density at radius 2 is 2.15 bits per heavy atom. The van der Waals surface area contributed by atoms with Gasteiger partial charge in [-0.2, -0.15) is 5.10 Å². The molecule has 0 amide bonds. The molecule has 2 heterocycles. The highest BCUT2D eigenvalue weighted by Gasteiger charge is 2.04. The predicted octanol–water partition coefficient (Wildman–Crippen LogP) is 4.63. The highest BCUT2D eigenvalue weighted by molar-refractivity contribution is 7.15. The molecular weight excluding hydrogens is 286 g/mol. The third-order valence-electron chi connectivity index (χ3n) is 2.69. The fourth-order valence-electron chi connectivity index (χ4n) is 1.78. The van der Waals surface area contributed by atoms with Crippen LogP contribution in [0, 0.1) is 6.92 Å². The van der Waals surface area contributed by atoms with Gasteiger partial charge in [0.15, 0.2) is 0 Å². The molecule has 0 aliphatic carbocycles. The Bertz CT molecular complexity index is 714. The van der Waals surface area contributed by atoms with Crippen LogP contribution in [-0.4, -0.2) is 11.2 Å². The van der Waals surface area contributed by atoms with Crippen LogP contribution in [0.1, 0.15) is 11.1 Å². The Hall–Kier alpha value is -1.98. The quantitative estimate of drug-likeness (QED) is 0.563. The van der Waals surface area contributed by atoms with Crippen LogP contribution >= 0.6 is 22.7 Å². The summed E-state index contributed by atoms with van der Waals surface area (Å²) in [5.74, 6) is 0. The minimum atomic E-state index is 0.803. The largest absolute Gasteiger partial charge is 0.253 e. The number of thiazole rings is 1. The van der Waals surface area contributed by atoms with Crippen molar-refractivity contribution in [2.24, 2.45) is 5.10 Å². The van der Waals surface area contributed by atoms with E-state index >= 15 is 0 Å². The maximum atomic E-state index is 4.51. The molecule has 0 saturated carbocycles. The number of benzene rings is 1. The van der Waals surface area contributed by atoms with Crippen LogP contribution in [0.25, 0.3) is 10.6 Å². The monoisotopic (exact) mass is 299 g/mol.